The van der Waals surface area contributed by atoms with Gasteiger partial charge in [-0.3, -0.25) is 9.52 Å². The third kappa shape index (κ3) is 4.64. The van der Waals surface area contributed by atoms with Gasteiger partial charge in [0, 0.05) is 5.56 Å². The van der Waals surface area contributed by atoms with E-state index in [4.69, 9.17) is 0 Å². The van der Waals surface area contributed by atoms with Crippen LogP contribution in [-0.4, -0.2) is 27.4 Å². The molecule has 0 heterocycles. The lowest BCUT2D eigenvalue weighted by Crippen LogP contribution is -2.17. The summed E-state index contributed by atoms with van der Waals surface area (Å²) in [4.78, 5) is 24.3. The molecule has 0 radical (unpaired) electrons. The van der Waals surface area contributed by atoms with E-state index in [2.05, 4.69) is 14.8 Å². The van der Waals surface area contributed by atoms with Crippen LogP contribution in [0.15, 0.2) is 77.7 Å². The van der Waals surface area contributed by atoms with Crippen molar-refractivity contribution < 1.29 is 27.1 Å². The molecule has 0 bridgehead atoms. The van der Waals surface area contributed by atoms with Crippen LogP contribution in [0.25, 0.3) is 0 Å². The number of carbonyl (C=O) groups is 2. The molecule has 0 atom stereocenters. The zero-order chi connectivity index (χ0) is 21.7. The summed E-state index contributed by atoms with van der Waals surface area (Å²) in [6.07, 6.45) is 0. The second kappa shape index (κ2) is 8.75. The van der Waals surface area contributed by atoms with Gasteiger partial charge in [-0.15, -0.1) is 0 Å². The summed E-state index contributed by atoms with van der Waals surface area (Å²) < 4.78 is 45.8. The van der Waals surface area contributed by atoms with Gasteiger partial charge in [-0.25, -0.2) is 17.6 Å². The van der Waals surface area contributed by atoms with Crippen LogP contribution < -0.4 is 10.0 Å². The Kier molecular flexibility index (Phi) is 6.12. The lowest BCUT2D eigenvalue weighted by molar-refractivity contribution is 0.0602. The van der Waals surface area contributed by atoms with Crippen LogP contribution in [-0.2, 0) is 14.8 Å². The van der Waals surface area contributed by atoms with Gasteiger partial charge in [-0.05, 0) is 42.5 Å². The molecular formula is C21H17FN2O5S. The number of sulfonamides is 1. The van der Waals surface area contributed by atoms with Crippen molar-refractivity contribution in [1.82, 2.24) is 0 Å². The number of anilines is 2. The van der Waals surface area contributed by atoms with Crippen molar-refractivity contribution in [3.05, 3.63) is 89.7 Å². The van der Waals surface area contributed by atoms with Crippen molar-refractivity contribution in [3.8, 4) is 0 Å². The Hall–Kier alpha value is -3.72. The van der Waals surface area contributed by atoms with Gasteiger partial charge in [0.25, 0.3) is 15.9 Å². The Balaban J connectivity index is 1.86. The number of carbonyl (C=O) groups excluding carboxylic acids is 2. The Labute approximate surface area is 172 Å². The summed E-state index contributed by atoms with van der Waals surface area (Å²) >= 11 is 0. The number of methoxy groups -OCH3 is 1. The quantitative estimate of drug-likeness (QED) is 0.584. The molecule has 0 fully saturated rings. The molecule has 9 heteroatoms. The molecule has 154 valence electrons. The maximum atomic E-state index is 13.8. The van der Waals surface area contributed by atoms with Gasteiger partial charge >= 0.3 is 5.97 Å². The van der Waals surface area contributed by atoms with Gasteiger partial charge in [-0.1, -0.05) is 30.3 Å². The van der Waals surface area contributed by atoms with Crippen LogP contribution >= 0.6 is 0 Å². The highest BCUT2D eigenvalue weighted by Crippen LogP contribution is 2.21. The van der Waals surface area contributed by atoms with Crippen LogP contribution in [0.5, 0.6) is 0 Å². The number of esters is 1. The first-order valence-corrected chi connectivity index (χ1v) is 10.2. The van der Waals surface area contributed by atoms with E-state index in [-0.39, 0.29) is 27.4 Å². The van der Waals surface area contributed by atoms with E-state index in [1.165, 1.54) is 55.6 Å². The molecule has 2 N–H and O–H groups in total. The molecular weight excluding hydrogens is 411 g/mol. The lowest BCUT2D eigenvalue weighted by Gasteiger charge is -2.11. The highest BCUT2D eigenvalue weighted by atomic mass is 32.2. The first-order chi connectivity index (χ1) is 14.3. The normalized spacial score (nSPS) is 10.9. The van der Waals surface area contributed by atoms with Crippen molar-refractivity contribution in [2.24, 2.45) is 0 Å². The van der Waals surface area contributed by atoms with Crippen LogP contribution in [0.4, 0.5) is 15.8 Å². The SMILES string of the molecule is COC(=O)c1ccccc1NC(=O)c1cccc(S(=O)(=O)Nc2ccccc2F)c1. The van der Waals surface area contributed by atoms with Crippen molar-refractivity contribution in [2.45, 2.75) is 4.90 Å². The van der Waals surface area contributed by atoms with E-state index >= 15 is 0 Å². The zero-order valence-corrected chi connectivity index (χ0v) is 16.6. The standard InChI is InChI=1S/C21H17FN2O5S/c1-29-21(26)16-9-2-4-11-18(16)23-20(25)14-7-6-8-15(13-14)30(27,28)24-19-12-5-3-10-17(19)22/h2-13,24H,1H3,(H,23,25). The van der Waals surface area contributed by atoms with E-state index in [1.54, 1.807) is 12.1 Å². The molecule has 3 aromatic rings. The minimum Gasteiger partial charge on any atom is -0.465 e. The second-order valence-corrected chi connectivity index (χ2v) is 7.79. The maximum Gasteiger partial charge on any atom is 0.339 e. The van der Waals surface area contributed by atoms with Crippen molar-refractivity contribution >= 4 is 33.3 Å². The smallest absolute Gasteiger partial charge is 0.339 e. The first kappa shape index (κ1) is 21.0. The summed E-state index contributed by atoms with van der Waals surface area (Å²) in [5.41, 5.74) is 0.191. The third-order valence-electron chi connectivity index (χ3n) is 4.11. The highest BCUT2D eigenvalue weighted by Gasteiger charge is 2.19. The van der Waals surface area contributed by atoms with Crippen molar-refractivity contribution in [3.63, 3.8) is 0 Å². The fraction of sp³-hybridized carbons (Fsp3) is 0.0476. The predicted octanol–water partition coefficient (Wildman–Crippen LogP) is 3.67. The number of halogens is 1. The zero-order valence-electron chi connectivity index (χ0n) is 15.8. The van der Waals surface area contributed by atoms with Gasteiger partial charge in [0.05, 0.1) is 28.9 Å². The molecule has 3 aromatic carbocycles. The summed E-state index contributed by atoms with van der Waals surface area (Å²) in [5.74, 6) is -1.99. The molecule has 0 aliphatic rings. The van der Waals surface area contributed by atoms with Crippen molar-refractivity contribution in [2.75, 3.05) is 17.1 Å². The predicted molar refractivity (Wildman–Crippen MR) is 109 cm³/mol. The number of para-hydroxylation sites is 2. The number of amides is 1. The Morgan fingerprint density at radius 2 is 1.57 bits per heavy atom. The maximum absolute atomic E-state index is 13.8. The summed E-state index contributed by atoms with van der Waals surface area (Å²) in [5, 5.41) is 2.56. The molecule has 0 spiro atoms. The Bertz CT molecular complexity index is 1210. The van der Waals surface area contributed by atoms with Crippen LogP contribution in [0.1, 0.15) is 20.7 Å². The van der Waals surface area contributed by atoms with Crippen LogP contribution in [0, 0.1) is 5.82 Å². The number of hydrogen-bond acceptors (Lipinski definition) is 5. The van der Waals surface area contributed by atoms with E-state index in [9.17, 15) is 22.4 Å². The van der Waals surface area contributed by atoms with Gasteiger partial charge in [0.1, 0.15) is 5.82 Å². The van der Waals surface area contributed by atoms with E-state index < -0.39 is 27.7 Å². The van der Waals surface area contributed by atoms with Crippen molar-refractivity contribution in [1.29, 1.82) is 0 Å². The molecule has 0 aliphatic carbocycles. The fourth-order valence-electron chi connectivity index (χ4n) is 2.63. The second-order valence-electron chi connectivity index (χ2n) is 6.10. The van der Waals surface area contributed by atoms with Gasteiger partial charge in [0.15, 0.2) is 0 Å². The van der Waals surface area contributed by atoms with Gasteiger partial charge < -0.3 is 10.1 Å². The average molecular weight is 428 g/mol. The third-order valence-corrected chi connectivity index (χ3v) is 5.47. The highest BCUT2D eigenvalue weighted by molar-refractivity contribution is 7.92. The molecule has 0 aliphatic heterocycles. The van der Waals surface area contributed by atoms with E-state index in [1.807, 2.05) is 0 Å². The number of ether oxygens (including phenoxy) is 1. The molecule has 7 nitrogen and oxygen atoms in total. The Morgan fingerprint density at radius 1 is 0.900 bits per heavy atom. The minimum absolute atomic E-state index is 0.0334. The summed E-state index contributed by atoms with van der Waals surface area (Å²) in [7, 11) is -2.91. The molecule has 30 heavy (non-hydrogen) atoms. The monoisotopic (exact) mass is 428 g/mol. The molecule has 0 saturated heterocycles. The summed E-state index contributed by atoms with van der Waals surface area (Å²) in [6.45, 7) is 0. The van der Waals surface area contributed by atoms with Gasteiger partial charge in [0.2, 0.25) is 0 Å². The fourth-order valence-corrected chi connectivity index (χ4v) is 3.74. The lowest BCUT2D eigenvalue weighted by atomic mass is 10.1. The number of hydrogen-bond donors (Lipinski definition) is 2. The van der Waals surface area contributed by atoms with Crippen LogP contribution in [0.2, 0.25) is 0 Å². The first-order valence-electron chi connectivity index (χ1n) is 8.68. The molecule has 0 aromatic heterocycles. The molecule has 1 amide bonds. The average Bonchev–Trinajstić information content (AvgIpc) is 2.75. The van der Waals surface area contributed by atoms with Crippen LogP contribution in [0.3, 0.4) is 0 Å². The molecule has 3 rings (SSSR count). The van der Waals surface area contributed by atoms with Gasteiger partial charge in [-0.2, -0.15) is 0 Å². The van der Waals surface area contributed by atoms with E-state index in [0.717, 1.165) is 12.1 Å². The molecule has 0 unspecified atom stereocenters. The number of benzene rings is 3. The number of rotatable bonds is 6. The number of nitrogens with one attached hydrogen (secondary N) is 2. The molecule has 0 saturated carbocycles. The minimum atomic E-state index is -4.13. The largest absolute Gasteiger partial charge is 0.465 e. The van der Waals surface area contributed by atoms with E-state index in [0.29, 0.717) is 0 Å². The Morgan fingerprint density at radius 3 is 2.27 bits per heavy atom. The summed E-state index contributed by atoms with van der Waals surface area (Å²) in [6, 6.07) is 16.8. The topological polar surface area (TPSA) is 102 Å².